The van der Waals surface area contributed by atoms with Crippen molar-refractivity contribution in [1.29, 1.82) is 0 Å². The first-order valence-electron chi connectivity index (χ1n) is 20.2. The zero-order valence-corrected chi connectivity index (χ0v) is 40.1. The fourth-order valence-corrected chi connectivity index (χ4v) is 8.06. The number of carbonyl (C=O) groups is 5. The maximum Gasteiger partial charge on any atom is 0.349 e. The van der Waals surface area contributed by atoms with Gasteiger partial charge >= 0.3 is 24.0 Å². The minimum Gasteiger partial charge on any atom is -0.491 e. The minimum absolute atomic E-state index is 0.0181. The maximum absolute atomic E-state index is 12.7. The number of sulfonamides is 1. The second-order valence-corrected chi connectivity index (χ2v) is 17.1. The zero-order chi connectivity index (χ0) is 49.5. The lowest BCUT2D eigenvalue weighted by Crippen LogP contribution is -2.35. The van der Waals surface area contributed by atoms with Crippen LogP contribution in [0.1, 0.15) is 44.0 Å². The normalized spacial score (nSPS) is 13.3. The molecule has 358 valence electrons. The van der Waals surface area contributed by atoms with E-state index in [0.29, 0.717) is 56.6 Å². The quantitative estimate of drug-likeness (QED) is 0.0413. The van der Waals surface area contributed by atoms with E-state index in [0.717, 1.165) is 18.2 Å². The number of urea groups is 1. The summed E-state index contributed by atoms with van der Waals surface area (Å²) in [5.41, 5.74) is 2.61. The van der Waals surface area contributed by atoms with Crippen LogP contribution >= 0.6 is 46.4 Å². The smallest absolute Gasteiger partial charge is 0.349 e. The van der Waals surface area contributed by atoms with Crippen LogP contribution in [0.2, 0.25) is 10.0 Å². The van der Waals surface area contributed by atoms with E-state index in [1.165, 1.54) is 36.3 Å². The molecule has 5 aromatic rings. The Labute approximate surface area is 409 Å². The van der Waals surface area contributed by atoms with Gasteiger partial charge < -0.3 is 24.1 Å². The van der Waals surface area contributed by atoms with Crippen LogP contribution in [0.4, 0.5) is 16.4 Å². The van der Waals surface area contributed by atoms with E-state index < -0.39 is 34.6 Å². The SMILES string of the molecule is CCOC(=O)/C(Cl)=C/c1cc(N2C(=O)C3=C(CCCC3)C2=O)ccc1Cl.COc1nc(C)nc(NC(=O)NS(=O)(=O)c2ccccc2OCCCl)n1.O=C(O)COc1ccc(Cl)c2cccnc12. The van der Waals surface area contributed by atoms with Crippen LogP contribution in [-0.2, 0) is 33.9 Å². The number of nitrogens with one attached hydrogen (secondary N) is 2. The molecule has 0 unspecified atom stereocenters. The van der Waals surface area contributed by atoms with Crippen molar-refractivity contribution in [2.45, 2.75) is 44.4 Å². The Bertz CT molecular complexity index is 2880. The van der Waals surface area contributed by atoms with E-state index in [2.05, 4.69) is 25.3 Å². The number of halogens is 4. The highest BCUT2D eigenvalue weighted by Crippen LogP contribution is 2.37. The number of para-hydroxylation sites is 1. The molecular formula is C44H41Cl4N7O12S. The van der Waals surface area contributed by atoms with Gasteiger partial charge in [0, 0.05) is 27.8 Å². The molecule has 0 bridgehead atoms. The van der Waals surface area contributed by atoms with Gasteiger partial charge in [0.25, 0.3) is 21.8 Å². The lowest BCUT2D eigenvalue weighted by molar-refractivity contribution is -0.139. The van der Waals surface area contributed by atoms with Crippen LogP contribution in [0, 0.1) is 6.92 Å². The van der Waals surface area contributed by atoms with E-state index >= 15 is 0 Å². The highest BCUT2D eigenvalue weighted by Gasteiger charge is 2.39. The molecule has 0 radical (unpaired) electrons. The van der Waals surface area contributed by atoms with E-state index in [4.69, 9.17) is 70.5 Å². The Balaban J connectivity index is 0.000000196. The molecule has 7 rings (SSSR count). The molecule has 0 saturated carbocycles. The Morgan fingerprint density at radius 1 is 0.897 bits per heavy atom. The second-order valence-electron chi connectivity index (χ2n) is 13.9. The summed E-state index contributed by atoms with van der Waals surface area (Å²) in [6, 6.07) is 16.4. The number of rotatable bonds is 14. The number of imide groups is 1. The highest BCUT2D eigenvalue weighted by molar-refractivity contribution is 7.90. The van der Waals surface area contributed by atoms with E-state index in [1.807, 2.05) is 4.72 Å². The van der Waals surface area contributed by atoms with Crippen LogP contribution in [0.25, 0.3) is 17.0 Å². The number of amides is 4. The lowest BCUT2D eigenvalue weighted by atomic mass is 9.93. The van der Waals surface area contributed by atoms with Gasteiger partial charge in [0.05, 0.1) is 30.3 Å². The van der Waals surface area contributed by atoms with Crippen molar-refractivity contribution >= 4 is 115 Å². The molecule has 1 aliphatic heterocycles. The molecule has 0 fully saturated rings. The summed E-state index contributed by atoms with van der Waals surface area (Å²) >= 11 is 23.7. The van der Waals surface area contributed by atoms with Gasteiger partial charge in [0.1, 0.15) is 39.4 Å². The zero-order valence-electron chi connectivity index (χ0n) is 36.3. The molecule has 0 spiro atoms. The molecule has 68 heavy (non-hydrogen) atoms. The van der Waals surface area contributed by atoms with Crippen LogP contribution in [0.15, 0.2) is 94.0 Å². The van der Waals surface area contributed by atoms with Gasteiger partial charge in [-0.1, -0.05) is 46.9 Å². The molecule has 2 aliphatic rings. The Kier molecular flexibility index (Phi) is 18.8. The molecule has 1 aliphatic carbocycles. The highest BCUT2D eigenvalue weighted by atomic mass is 35.5. The number of alkyl halides is 1. The van der Waals surface area contributed by atoms with Gasteiger partial charge in [-0.15, -0.1) is 11.6 Å². The Morgan fingerprint density at radius 2 is 1.59 bits per heavy atom. The number of fused-ring (bicyclic) bond motifs is 1. The molecular weight excluding hydrogens is 992 g/mol. The summed E-state index contributed by atoms with van der Waals surface area (Å²) in [4.78, 5) is 76.1. The number of aromatic nitrogens is 4. The van der Waals surface area contributed by atoms with Crippen LogP contribution in [0.3, 0.4) is 0 Å². The number of anilines is 2. The first kappa shape index (κ1) is 52.4. The number of nitrogens with zero attached hydrogens (tertiary/aromatic N) is 5. The number of carboxylic acid groups (broad SMARTS) is 1. The van der Waals surface area contributed by atoms with E-state index in [-0.39, 0.29) is 64.4 Å². The molecule has 24 heteroatoms. The predicted molar refractivity (Wildman–Crippen MR) is 253 cm³/mol. The van der Waals surface area contributed by atoms with Gasteiger partial charge in [-0.3, -0.25) is 19.9 Å². The van der Waals surface area contributed by atoms with Crippen molar-refractivity contribution in [1.82, 2.24) is 24.7 Å². The second kappa shape index (κ2) is 24.4. The number of benzene rings is 3. The molecule has 3 aromatic carbocycles. The summed E-state index contributed by atoms with van der Waals surface area (Å²) in [7, 11) is -2.85. The van der Waals surface area contributed by atoms with Crippen LogP contribution in [0.5, 0.6) is 17.5 Å². The number of aliphatic carboxylic acids is 1. The average molecular weight is 1030 g/mol. The van der Waals surface area contributed by atoms with Crippen molar-refractivity contribution in [2.75, 3.05) is 43.0 Å². The summed E-state index contributed by atoms with van der Waals surface area (Å²) in [5, 5.41) is 12.3. The van der Waals surface area contributed by atoms with E-state index in [1.54, 1.807) is 68.6 Å². The molecule has 2 aromatic heterocycles. The first-order valence-corrected chi connectivity index (χ1v) is 23.3. The third-order valence-corrected chi connectivity index (χ3v) is 11.7. The minimum atomic E-state index is -4.20. The fourth-order valence-electron chi connectivity index (χ4n) is 6.37. The number of carboxylic acids is 1. The Hall–Kier alpha value is -6.58. The molecule has 3 N–H and O–H groups in total. The number of methoxy groups -OCH3 is 1. The van der Waals surface area contributed by atoms with Gasteiger partial charge in [0.15, 0.2) is 6.61 Å². The number of carbonyl (C=O) groups excluding carboxylic acids is 4. The Morgan fingerprint density at radius 3 is 2.25 bits per heavy atom. The van der Waals surface area contributed by atoms with Crippen LogP contribution < -0.4 is 29.1 Å². The van der Waals surface area contributed by atoms with Crippen molar-refractivity contribution < 1.29 is 56.4 Å². The van der Waals surface area contributed by atoms with Gasteiger partial charge in [-0.2, -0.15) is 15.0 Å². The molecule has 19 nitrogen and oxygen atoms in total. The summed E-state index contributed by atoms with van der Waals surface area (Å²) in [6.45, 7) is 3.16. The number of hydrogen-bond donors (Lipinski definition) is 3. The number of pyridine rings is 1. The average Bonchev–Trinajstić information content (AvgIpc) is 3.57. The van der Waals surface area contributed by atoms with Crippen LogP contribution in [-0.4, -0.2) is 96.1 Å². The third-order valence-electron chi connectivity index (χ3n) is 9.25. The monoisotopic (exact) mass is 1030 g/mol. The standard InChI is InChI=1S/C19H17Cl2NO4.C14H16ClN5O5S.C11H8ClNO3/c1-2-26-19(25)16(21)10-11-9-12(7-8-15(11)20)22-17(23)13-5-3-4-6-14(13)18(22)24;1-9-16-12(19-14(17-9)24-2)18-13(21)20-26(22,23)11-6-4-3-5-10(11)25-8-7-15;12-8-3-4-9(16-6-10(14)15)11-7(8)2-1-5-13-11/h7-10H,2-6H2,1H3;3-6H,7-8H2,1-2H3,(H2,16,17,18,19,20,21);1-5H,6H2,(H,14,15)/b16-10-;;. The third kappa shape index (κ3) is 13.8. The topological polar surface area (TPSA) is 255 Å². The first-order chi connectivity index (χ1) is 32.5. The fraction of sp³-hybridized carbons (Fsp3) is 0.250. The summed E-state index contributed by atoms with van der Waals surface area (Å²) in [5.74, 6) is -1.45. The summed E-state index contributed by atoms with van der Waals surface area (Å²) in [6.07, 6.45) is 6.05. The molecule has 3 heterocycles. The molecule has 0 atom stereocenters. The maximum atomic E-state index is 12.7. The van der Waals surface area contributed by atoms with Crippen molar-refractivity contribution in [3.63, 3.8) is 0 Å². The van der Waals surface area contributed by atoms with Gasteiger partial charge in [0.2, 0.25) is 5.95 Å². The number of ether oxygens (including phenoxy) is 4. The lowest BCUT2D eigenvalue weighted by Gasteiger charge is -2.16. The van der Waals surface area contributed by atoms with Gasteiger partial charge in [-0.05, 0) is 106 Å². The number of aryl methyl sites for hydroxylation is 1. The van der Waals surface area contributed by atoms with Crippen molar-refractivity contribution in [3.05, 3.63) is 111 Å². The van der Waals surface area contributed by atoms with E-state index in [9.17, 15) is 32.4 Å². The van der Waals surface area contributed by atoms with Crippen molar-refractivity contribution in [2.24, 2.45) is 0 Å². The van der Waals surface area contributed by atoms with Gasteiger partial charge in [-0.25, -0.2) is 32.4 Å². The molecule has 0 saturated heterocycles. The number of hydrogen-bond acceptors (Lipinski definition) is 15. The van der Waals surface area contributed by atoms with Crippen molar-refractivity contribution in [3.8, 4) is 17.5 Å². The largest absolute Gasteiger partial charge is 0.491 e. The predicted octanol–water partition coefficient (Wildman–Crippen LogP) is 7.89. The number of esters is 1. The molecule has 4 amide bonds. The summed E-state index contributed by atoms with van der Waals surface area (Å²) < 4.78 is 46.8.